The van der Waals surface area contributed by atoms with Crippen molar-refractivity contribution in [2.24, 2.45) is 0 Å². The molecule has 0 fully saturated rings. The van der Waals surface area contributed by atoms with Gasteiger partial charge in [-0.15, -0.1) is 0 Å². The third kappa shape index (κ3) is 3.19. The SMILES string of the molecule is CC(C(=O)c1ccccc1)[n+]1ccc2ccccc2c1.[Br-]. The fourth-order valence-electron chi connectivity index (χ4n) is 2.37. The molecule has 0 aliphatic rings. The number of Topliss-reactive ketones (excluding diaryl/α,β-unsaturated/α-hetero) is 1. The molecule has 1 heterocycles. The van der Waals surface area contributed by atoms with Crippen LogP contribution in [0.1, 0.15) is 23.3 Å². The number of aromatic nitrogens is 1. The predicted octanol–water partition coefficient (Wildman–Crippen LogP) is 0.575. The van der Waals surface area contributed by atoms with Gasteiger partial charge in [0.15, 0.2) is 12.4 Å². The highest BCUT2D eigenvalue weighted by Crippen LogP contribution is 2.13. The average molecular weight is 342 g/mol. The van der Waals surface area contributed by atoms with Crippen LogP contribution in [0.15, 0.2) is 73.1 Å². The average Bonchev–Trinajstić information content (AvgIpc) is 2.54. The fourth-order valence-corrected chi connectivity index (χ4v) is 2.37. The molecule has 21 heavy (non-hydrogen) atoms. The van der Waals surface area contributed by atoms with Crippen molar-refractivity contribution in [1.82, 2.24) is 0 Å². The van der Waals surface area contributed by atoms with Gasteiger partial charge in [-0.2, -0.15) is 4.57 Å². The number of hydrogen-bond acceptors (Lipinski definition) is 1. The van der Waals surface area contributed by atoms with Gasteiger partial charge >= 0.3 is 0 Å². The highest BCUT2D eigenvalue weighted by molar-refractivity contribution is 5.97. The number of nitrogens with zero attached hydrogens (tertiary/aromatic N) is 1. The minimum Gasteiger partial charge on any atom is -1.00 e. The van der Waals surface area contributed by atoms with Gasteiger partial charge < -0.3 is 17.0 Å². The molecule has 2 nitrogen and oxygen atoms in total. The van der Waals surface area contributed by atoms with Crippen LogP contribution >= 0.6 is 0 Å². The van der Waals surface area contributed by atoms with E-state index < -0.39 is 0 Å². The van der Waals surface area contributed by atoms with Crippen molar-refractivity contribution in [2.45, 2.75) is 13.0 Å². The van der Waals surface area contributed by atoms with Crippen LogP contribution in [0.3, 0.4) is 0 Å². The summed E-state index contributed by atoms with van der Waals surface area (Å²) in [6.45, 7) is 1.93. The molecule has 3 aromatic rings. The monoisotopic (exact) mass is 341 g/mol. The van der Waals surface area contributed by atoms with Crippen molar-refractivity contribution >= 4 is 16.6 Å². The number of pyridine rings is 1. The second-order valence-corrected chi connectivity index (χ2v) is 4.93. The van der Waals surface area contributed by atoms with E-state index in [1.165, 1.54) is 5.39 Å². The lowest BCUT2D eigenvalue weighted by Crippen LogP contribution is -3.00. The molecule has 0 aliphatic heterocycles. The molecule has 0 radical (unpaired) electrons. The van der Waals surface area contributed by atoms with Crippen molar-refractivity contribution in [3.8, 4) is 0 Å². The number of halogens is 1. The Bertz CT molecular complexity index is 755. The molecule has 0 bridgehead atoms. The Labute approximate surface area is 134 Å². The van der Waals surface area contributed by atoms with Gasteiger partial charge in [-0.1, -0.05) is 48.5 Å². The molecule has 3 heteroatoms. The van der Waals surface area contributed by atoms with Gasteiger partial charge in [0, 0.05) is 23.9 Å². The highest BCUT2D eigenvalue weighted by Gasteiger charge is 2.23. The zero-order chi connectivity index (χ0) is 13.9. The summed E-state index contributed by atoms with van der Waals surface area (Å²) in [6, 6.07) is 19.4. The van der Waals surface area contributed by atoms with Crippen LogP contribution in [0.4, 0.5) is 0 Å². The van der Waals surface area contributed by atoms with Gasteiger partial charge in [-0.25, -0.2) is 0 Å². The van der Waals surface area contributed by atoms with Crippen LogP contribution in [-0.4, -0.2) is 5.78 Å². The molecule has 0 spiro atoms. The molecule has 0 saturated carbocycles. The van der Waals surface area contributed by atoms with E-state index >= 15 is 0 Å². The van der Waals surface area contributed by atoms with Gasteiger partial charge in [-0.05, 0) is 11.5 Å². The summed E-state index contributed by atoms with van der Waals surface area (Å²) < 4.78 is 1.97. The summed E-state index contributed by atoms with van der Waals surface area (Å²) in [6.07, 6.45) is 3.99. The van der Waals surface area contributed by atoms with Crippen LogP contribution in [0.2, 0.25) is 0 Å². The first-order valence-electron chi connectivity index (χ1n) is 6.74. The maximum absolute atomic E-state index is 12.5. The summed E-state index contributed by atoms with van der Waals surface area (Å²) in [7, 11) is 0. The van der Waals surface area contributed by atoms with Gasteiger partial charge in [-0.3, -0.25) is 4.79 Å². The minimum atomic E-state index is -0.206. The fraction of sp³-hybridized carbons (Fsp3) is 0.111. The Morgan fingerprint density at radius 1 is 0.905 bits per heavy atom. The zero-order valence-electron chi connectivity index (χ0n) is 11.7. The number of ketones is 1. The molecule has 3 rings (SSSR count). The van der Waals surface area contributed by atoms with Gasteiger partial charge in [0.05, 0.1) is 0 Å². The Hall–Kier alpha value is -2.00. The zero-order valence-corrected chi connectivity index (χ0v) is 13.3. The van der Waals surface area contributed by atoms with E-state index in [1.54, 1.807) is 0 Å². The van der Waals surface area contributed by atoms with Crippen molar-refractivity contribution < 1.29 is 26.3 Å². The Kier molecular flexibility index (Phi) is 4.86. The number of fused-ring (bicyclic) bond motifs is 1. The number of rotatable bonds is 3. The Morgan fingerprint density at radius 2 is 1.52 bits per heavy atom. The molecule has 1 unspecified atom stereocenters. The van der Waals surface area contributed by atoms with Gasteiger partial charge in [0.25, 0.3) is 0 Å². The second-order valence-electron chi connectivity index (χ2n) is 4.93. The number of carbonyl (C=O) groups is 1. The normalized spacial score (nSPS) is 11.7. The second kappa shape index (κ2) is 6.64. The summed E-state index contributed by atoms with van der Waals surface area (Å²) in [5.41, 5.74) is 0.751. The van der Waals surface area contributed by atoms with Crippen molar-refractivity contribution in [3.63, 3.8) is 0 Å². The molecule has 1 aromatic heterocycles. The maximum Gasteiger partial charge on any atom is 0.230 e. The van der Waals surface area contributed by atoms with E-state index in [2.05, 4.69) is 12.1 Å². The highest BCUT2D eigenvalue weighted by atomic mass is 79.9. The summed E-state index contributed by atoms with van der Waals surface area (Å²) in [4.78, 5) is 12.5. The maximum atomic E-state index is 12.5. The topological polar surface area (TPSA) is 20.9 Å². The van der Waals surface area contributed by atoms with Crippen LogP contribution in [0, 0.1) is 0 Å². The molecular formula is C18H16BrNO. The van der Waals surface area contributed by atoms with E-state index in [4.69, 9.17) is 0 Å². The van der Waals surface area contributed by atoms with Crippen LogP contribution in [0.25, 0.3) is 10.8 Å². The standard InChI is InChI=1S/C18H16NO.BrH/c1-14(18(20)16-8-3-2-4-9-16)19-12-11-15-7-5-6-10-17(15)13-19;/h2-14H,1H3;1H/q+1;/p-1. The van der Waals surface area contributed by atoms with Crippen LogP contribution in [0.5, 0.6) is 0 Å². The largest absolute Gasteiger partial charge is 1.00 e. The van der Waals surface area contributed by atoms with Crippen molar-refractivity contribution in [2.75, 3.05) is 0 Å². The molecule has 0 aliphatic carbocycles. The van der Waals surface area contributed by atoms with E-state index in [0.717, 1.165) is 10.9 Å². The lowest BCUT2D eigenvalue weighted by molar-refractivity contribution is -0.703. The van der Waals surface area contributed by atoms with E-state index in [1.807, 2.05) is 72.4 Å². The van der Waals surface area contributed by atoms with Crippen LogP contribution < -0.4 is 21.5 Å². The third-order valence-electron chi connectivity index (χ3n) is 3.60. The molecule has 0 amide bonds. The summed E-state index contributed by atoms with van der Waals surface area (Å²) in [5, 5.41) is 2.32. The number of carbonyl (C=O) groups excluding carboxylic acids is 1. The van der Waals surface area contributed by atoms with E-state index in [0.29, 0.717) is 0 Å². The van der Waals surface area contributed by atoms with E-state index in [9.17, 15) is 4.79 Å². The Balaban J connectivity index is 0.00000161. The smallest absolute Gasteiger partial charge is 0.230 e. The number of hydrogen-bond donors (Lipinski definition) is 0. The molecule has 2 aromatic carbocycles. The number of benzene rings is 2. The van der Waals surface area contributed by atoms with Gasteiger partial charge in [0.2, 0.25) is 11.8 Å². The summed E-state index contributed by atoms with van der Waals surface area (Å²) in [5.74, 6) is 0.130. The van der Waals surface area contributed by atoms with Crippen LogP contribution in [-0.2, 0) is 0 Å². The molecule has 0 saturated heterocycles. The molecule has 106 valence electrons. The molecule has 1 atom stereocenters. The molecular weight excluding hydrogens is 326 g/mol. The minimum absolute atomic E-state index is 0. The third-order valence-corrected chi connectivity index (χ3v) is 3.60. The van der Waals surface area contributed by atoms with Gasteiger partial charge in [0.1, 0.15) is 0 Å². The van der Waals surface area contributed by atoms with Crippen molar-refractivity contribution in [1.29, 1.82) is 0 Å². The van der Waals surface area contributed by atoms with E-state index in [-0.39, 0.29) is 28.8 Å². The lowest BCUT2D eigenvalue weighted by atomic mass is 10.0. The predicted molar refractivity (Wildman–Crippen MR) is 79.6 cm³/mol. The Morgan fingerprint density at radius 3 is 2.24 bits per heavy atom. The first-order chi connectivity index (χ1) is 9.75. The first kappa shape index (κ1) is 15.4. The lowest BCUT2D eigenvalue weighted by Gasteiger charge is -2.07. The first-order valence-corrected chi connectivity index (χ1v) is 6.74. The van der Waals surface area contributed by atoms with Crippen molar-refractivity contribution in [3.05, 3.63) is 78.6 Å². The quantitative estimate of drug-likeness (QED) is 0.504. The molecule has 0 N–H and O–H groups in total. The summed E-state index contributed by atoms with van der Waals surface area (Å²) >= 11 is 0.